The molecule has 4 rings (SSSR count). The van der Waals surface area contributed by atoms with Crippen LogP contribution in [0.15, 0.2) is 71.1 Å². The van der Waals surface area contributed by atoms with Crippen LogP contribution in [0.4, 0.5) is 5.69 Å². The summed E-state index contributed by atoms with van der Waals surface area (Å²) >= 11 is 2.26. The number of hydrogen-bond acceptors (Lipinski definition) is 4. The number of amides is 1. The molecular formula is C24H21IN2O3. The number of hydrogen-bond donors (Lipinski definition) is 1. The fraction of sp³-hybridized carbons (Fsp3) is 0.167. The Kier molecular flexibility index (Phi) is 6.03. The van der Waals surface area contributed by atoms with Crippen molar-refractivity contribution in [1.29, 1.82) is 0 Å². The molecule has 3 aromatic carbocycles. The Morgan fingerprint density at radius 2 is 1.90 bits per heavy atom. The van der Waals surface area contributed by atoms with E-state index in [0.717, 1.165) is 14.9 Å². The van der Waals surface area contributed by atoms with Gasteiger partial charge in [0.05, 0.1) is 6.61 Å². The predicted molar refractivity (Wildman–Crippen MR) is 127 cm³/mol. The van der Waals surface area contributed by atoms with Crippen molar-refractivity contribution in [2.24, 2.45) is 5.92 Å². The minimum absolute atomic E-state index is 0.189. The van der Waals surface area contributed by atoms with Crippen LogP contribution in [0.25, 0.3) is 22.6 Å². The second-order valence-electron chi connectivity index (χ2n) is 7.40. The molecular weight excluding hydrogens is 491 g/mol. The lowest BCUT2D eigenvalue weighted by Gasteiger charge is -2.09. The molecule has 0 aliphatic carbocycles. The molecule has 1 heterocycles. The second-order valence-corrected chi connectivity index (χ2v) is 8.64. The average molecular weight is 512 g/mol. The van der Waals surface area contributed by atoms with Gasteiger partial charge in [0.1, 0.15) is 11.3 Å². The van der Waals surface area contributed by atoms with Crippen molar-refractivity contribution in [3.05, 3.63) is 75.9 Å². The van der Waals surface area contributed by atoms with E-state index in [-0.39, 0.29) is 5.91 Å². The molecule has 5 nitrogen and oxygen atoms in total. The Bertz CT molecular complexity index is 1180. The van der Waals surface area contributed by atoms with Gasteiger partial charge in [-0.1, -0.05) is 19.9 Å². The number of nitrogens with zero attached hydrogens (tertiary/aromatic N) is 1. The van der Waals surface area contributed by atoms with Gasteiger partial charge in [0.15, 0.2) is 5.58 Å². The van der Waals surface area contributed by atoms with E-state index in [2.05, 4.69) is 46.7 Å². The van der Waals surface area contributed by atoms with E-state index in [0.29, 0.717) is 40.8 Å². The van der Waals surface area contributed by atoms with E-state index >= 15 is 0 Å². The molecule has 0 atom stereocenters. The zero-order valence-electron chi connectivity index (χ0n) is 16.7. The number of rotatable bonds is 6. The fourth-order valence-electron chi connectivity index (χ4n) is 2.92. The molecule has 0 unspecified atom stereocenters. The summed E-state index contributed by atoms with van der Waals surface area (Å²) in [5.41, 5.74) is 3.51. The number of halogens is 1. The Balaban J connectivity index is 1.49. The van der Waals surface area contributed by atoms with Crippen LogP contribution in [0.3, 0.4) is 0 Å². The van der Waals surface area contributed by atoms with E-state index in [9.17, 15) is 4.79 Å². The smallest absolute Gasteiger partial charge is 0.255 e. The largest absolute Gasteiger partial charge is 0.493 e. The molecule has 0 aliphatic rings. The van der Waals surface area contributed by atoms with Crippen LogP contribution >= 0.6 is 22.6 Å². The highest BCUT2D eigenvalue weighted by Crippen LogP contribution is 2.27. The molecule has 152 valence electrons. The van der Waals surface area contributed by atoms with Crippen LogP contribution in [0.1, 0.15) is 24.2 Å². The highest BCUT2D eigenvalue weighted by molar-refractivity contribution is 14.1. The lowest BCUT2D eigenvalue weighted by molar-refractivity contribution is 0.102. The summed E-state index contributed by atoms with van der Waals surface area (Å²) in [6.07, 6.45) is 0. The van der Waals surface area contributed by atoms with E-state index in [4.69, 9.17) is 9.15 Å². The Morgan fingerprint density at radius 3 is 2.63 bits per heavy atom. The first-order chi connectivity index (χ1) is 14.5. The molecule has 4 aromatic rings. The standard InChI is InChI=1S/C24H21IN2O3/c1-15(2)14-29-20-9-6-16(7-10-20)23(28)26-19-8-11-22-21(13-19)27-24(30-22)17-4-3-5-18(25)12-17/h3-13,15H,14H2,1-2H3,(H,26,28). The minimum Gasteiger partial charge on any atom is -0.493 e. The molecule has 1 aromatic heterocycles. The van der Waals surface area contributed by atoms with Crippen molar-refractivity contribution in [2.45, 2.75) is 13.8 Å². The number of benzene rings is 3. The Labute approximate surface area is 188 Å². The molecule has 0 bridgehead atoms. The van der Waals surface area contributed by atoms with E-state index in [1.807, 2.05) is 54.6 Å². The lowest BCUT2D eigenvalue weighted by Crippen LogP contribution is -2.12. The third-order valence-corrected chi connectivity index (χ3v) is 5.09. The summed E-state index contributed by atoms with van der Waals surface area (Å²) in [6.45, 7) is 4.83. The number of ether oxygens (including phenoxy) is 1. The van der Waals surface area contributed by atoms with Gasteiger partial charge in [-0.3, -0.25) is 4.79 Å². The summed E-state index contributed by atoms with van der Waals surface area (Å²) in [5.74, 6) is 1.58. The summed E-state index contributed by atoms with van der Waals surface area (Å²) in [5, 5.41) is 2.92. The van der Waals surface area contributed by atoms with Crippen LogP contribution in [0, 0.1) is 9.49 Å². The average Bonchev–Trinajstić information content (AvgIpc) is 3.16. The monoisotopic (exact) mass is 512 g/mol. The molecule has 0 saturated heterocycles. The van der Waals surface area contributed by atoms with Gasteiger partial charge in [-0.2, -0.15) is 0 Å². The lowest BCUT2D eigenvalue weighted by atomic mass is 10.2. The zero-order chi connectivity index (χ0) is 21.1. The summed E-state index contributed by atoms with van der Waals surface area (Å²) < 4.78 is 12.6. The van der Waals surface area contributed by atoms with Crippen LogP contribution in [0.5, 0.6) is 5.75 Å². The number of nitrogens with one attached hydrogen (secondary N) is 1. The van der Waals surface area contributed by atoms with Gasteiger partial charge in [-0.05, 0) is 89.2 Å². The second kappa shape index (κ2) is 8.87. The van der Waals surface area contributed by atoms with Gasteiger partial charge in [0.2, 0.25) is 5.89 Å². The van der Waals surface area contributed by atoms with Crippen molar-refractivity contribution in [3.63, 3.8) is 0 Å². The maximum atomic E-state index is 12.6. The molecule has 30 heavy (non-hydrogen) atoms. The number of carbonyl (C=O) groups is 1. The van der Waals surface area contributed by atoms with Gasteiger partial charge in [0, 0.05) is 20.4 Å². The minimum atomic E-state index is -0.189. The Morgan fingerprint density at radius 1 is 1.10 bits per heavy atom. The first-order valence-electron chi connectivity index (χ1n) is 9.69. The number of aromatic nitrogens is 1. The van der Waals surface area contributed by atoms with Crippen LogP contribution in [0.2, 0.25) is 0 Å². The fourth-order valence-corrected chi connectivity index (χ4v) is 3.46. The SMILES string of the molecule is CC(C)COc1ccc(C(=O)Nc2ccc3oc(-c4cccc(I)c4)nc3c2)cc1. The number of oxazole rings is 1. The number of carbonyl (C=O) groups excluding carboxylic acids is 1. The van der Waals surface area contributed by atoms with Crippen molar-refractivity contribution in [2.75, 3.05) is 11.9 Å². The van der Waals surface area contributed by atoms with Crippen molar-refractivity contribution in [3.8, 4) is 17.2 Å². The zero-order valence-corrected chi connectivity index (χ0v) is 18.8. The molecule has 1 N–H and O–H groups in total. The van der Waals surface area contributed by atoms with Crippen molar-refractivity contribution in [1.82, 2.24) is 4.98 Å². The van der Waals surface area contributed by atoms with Crippen molar-refractivity contribution >= 4 is 45.3 Å². The van der Waals surface area contributed by atoms with Crippen LogP contribution < -0.4 is 10.1 Å². The summed E-state index contributed by atoms with van der Waals surface area (Å²) in [7, 11) is 0. The first-order valence-corrected chi connectivity index (χ1v) is 10.8. The Hall–Kier alpha value is -2.87. The maximum Gasteiger partial charge on any atom is 0.255 e. The highest BCUT2D eigenvalue weighted by atomic mass is 127. The normalized spacial score (nSPS) is 11.1. The molecule has 6 heteroatoms. The van der Waals surface area contributed by atoms with Crippen LogP contribution in [-0.4, -0.2) is 17.5 Å². The maximum absolute atomic E-state index is 12.6. The van der Waals surface area contributed by atoms with Crippen molar-refractivity contribution < 1.29 is 13.9 Å². The molecule has 0 radical (unpaired) electrons. The first kappa shape index (κ1) is 20.4. The van der Waals surface area contributed by atoms with Gasteiger partial charge in [-0.25, -0.2) is 4.98 Å². The van der Waals surface area contributed by atoms with E-state index in [1.54, 1.807) is 12.1 Å². The number of anilines is 1. The van der Waals surface area contributed by atoms with Crippen LogP contribution in [-0.2, 0) is 0 Å². The summed E-state index contributed by atoms with van der Waals surface area (Å²) in [6, 6.07) is 20.5. The van der Waals surface area contributed by atoms with Gasteiger partial charge < -0.3 is 14.5 Å². The van der Waals surface area contributed by atoms with Gasteiger partial charge >= 0.3 is 0 Å². The van der Waals surface area contributed by atoms with Gasteiger partial charge in [0.25, 0.3) is 5.91 Å². The third kappa shape index (κ3) is 4.81. The third-order valence-electron chi connectivity index (χ3n) is 4.42. The molecule has 0 saturated carbocycles. The quantitative estimate of drug-likeness (QED) is 0.305. The molecule has 0 aliphatic heterocycles. The number of fused-ring (bicyclic) bond motifs is 1. The highest BCUT2D eigenvalue weighted by Gasteiger charge is 2.11. The van der Waals surface area contributed by atoms with E-state index < -0.39 is 0 Å². The molecule has 0 spiro atoms. The molecule has 1 amide bonds. The molecule has 0 fully saturated rings. The topological polar surface area (TPSA) is 64.4 Å². The van der Waals surface area contributed by atoms with Gasteiger partial charge in [-0.15, -0.1) is 0 Å². The predicted octanol–water partition coefficient (Wildman–Crippen LogP) is 6.39. The van der Waals surface area contributed by atoms with E-state index in [1.165, 1.54) is 0 Å². The summed E-state index contributed by atoms with van der Waals surface area (Å²) in [4.78, 5) is 17.2.